The lowest BCUT2D eigenvalue weighted by atomic mass is 10.1. The predicted octanol–water partition coefficient (Wildman–Crippen LogP) is 3.49. The molecular weight excluding hydrogens is 423 g/mol. The first-order valence-electron chi connectivity index (χ1n) is 11.0. The average molecular weight is 451 g/mol. The van der Waals surface area contributed by atoms with Gasteiger partial charge in [-0.3, -0.25) is 9.59 Å². The first kappa shape index (κ1) is 22.7. The van der Waals surface area contributed by atoms with E-state index in [0.29, 0.717) is 23.5 Å². The molecule has 4 rings (SSSR count). The van der Waals surface area contributed by atoms with Crippen LogP contribution in [-0.2, 0) is 16.1 Å². The van der Waals surface area contributed by atoms with Crippen LogP contribution in [0.5, 0.6) is 0 Å². The zero-order chi connectivity index (χ0) is 23.4. The van der Waals surface area contributed by atoms with Gasteiger partial charge in [-0.15, -0.1) is 0 Å². The summed E-state index contributed by atoms with van der Waals surface area (Å²) >= 11 is 0. The van der Waals surface area contributed by atoms with Crippen molar-refractivity contribution in [1.82, 2.24) is 19.8 Å². The number of nitrogens with one attached hydrogen (secondary N) is 1. The molecule has 1 aliphatic heterocycles. The first-order valence-corrected chi connectivity index (χ1v) is 11.0. The Morgan fingerprint density at radius 2 is 1.94 bits per heavy atom. The van der Waals surface area contributed by atoms with Crippen molar-refractivity contribution in [2.75, 3.05) is 19.6 Å². The fraction of sp³-hybridized carbons (Fsp3) is 0.320. The van der Waals surface area contributed by atoms with Crippen molar-refractivity contribution in [2.24, 2.45) is 0 Å². The molecule has 1 aliphatic rings. The van der Waals surface area contributed by atoms with Crippen molar-refractivity contribution in [3.63, 3.8) is 0 Å². The highest BCUT2D eigenvalue weighted by atomic mass is 19.1. The number of ether oxygens (including phenoxy) is 1. The van der Waals surface area contributed by atoms with Crippen LogP contribution in [0.3, 0.4) is 0 Å². The number of rotatable bonds is 6. The summed E-state index contributed by atoms with van der Waals surface area (Å²) in [5.41, 5.74) is 1.97. The molecule has 1 fully saturated rings. The number of imidazole rings is 1. The van der Waals surface area contributed by atoms with E-state index in [4.69, 9.17) is 4.74 Å². The number of hydrogen-bond acceptors (Lipinski definition) is 4. The van der Waals surface area contributed by atoms with E-state index in [-0.39, 0.29) is 49.5 Å². The number of carbonyl (C=O) groups is 2. The quantitative estimate of drug-likeness (QED) is 0.624. The van der Waals surface area contributed by atoms with Crippen LogP contribution < -0.4 is 0 Å². The van der Waals surface area contributed by atoms with Crippen molar-refractivity contribution < 1.29 is 18.7 Å². The van der Waals surface area contributed by atoms with E-state index in [9.17, 15) is 14.0 Å². The molecule has 2 aromatic carbocycles. The van der Waals surface area contributed by atoms with Gasteiger partial charge in [0.2, 0.25) is 5.91 Å². The molecule has 0 spiro atoms. The molecule has 7 nitrogen and oxygen atoms in total. The molecule has 0 aliphatic carbocycles. The van der Waals surface area contributed by atoms with Gasteiger partial charge >= 0.3 is 0 Å². The molecule has 33 heavy (non-hydrogen) atoms. The summed E-state index contributed by atoms with van der Waals surface area (Å²) in [5.74, 6) is -0.0946. The third-order valence-corrected chi connectivity index (χ3v) is 5.69. The van der Waals surface area contributed by atoms with Gasteiger partial charge in [-0.05, 0) is 37.6 Å². The Kier molecular flexibility index (Phi) is 6.84. The maximum absolute atomic E-state index is 13.6. The molecule has 0 radical (unpaired) electrons. The van der Waals surface area contributed by atoms with E-state index in [1.807, 2.05) is 26.0 Å². The number of hydrogen-bond donors (Lipinski definition) is 1. The van der Waals surface area contributed by atoms with Gasteiger partial charge in [-0.1, -0.05) is 30.3 Å². The van der Waals surface area contributed by atoms with Crippen LogP contribution in [0.1, 0.15) is 29.8 Å². The van der Waals surface area contributed by atoms with Crippen LogP contribution in [0, 0.1) is 5.82 Å². The number of aromatic amines is 1. The Bertz CT molecular complexity index is 1100. The lowest BCUT2D eigenvalue weighted by Gasteiger charge is -2.27. The van der Waals surface area contributed by atoms with E-state index in [0.717, 1.165) is 5.56 Å². The van der Waals surface area contributed by atoms with Crippen molar-refractivity contribution in [3.05, 3.63) is 77.9 Å². The van der Waals surface area contributed by atoms with Crippen LogP contribution >= 0.6 is 0 Å². The van der Waals surface area contributed by atoms with E-state index in [2.05, 4.69) is 9.97 Å². The Balaban J connectivity index is 1.57. The van der Waals surface area contributed by atoms with Gasteiger partial charge in [-0.2, -0.15) is 0 Å². The Labute approximate surface area is 192 Å². The molecule has 1 saturated heterocycles. The van der Waals surface area contributed by atoms with Crippen LogP contribution in [0.2, 0.25) is 0 Å². The zero-order valence-corrected chi connectivity index (χ0v) is 18.7. The molecule has 1 aromatic heterocycles. The lowest BCUT2D eigenvalue weighted by Crippen LogP contribution is -2.42. The number of H-pyrrole nitrogens is 1. The highest BCUT2D eigenvalue weighted by Gasteiger charge is 2.33. The first-order chi connectivity index (χ1) is 15.9. The number of amides is 2. The second-order valence-electron chi connectivity index (χ2n) is 8.37. The average Bonchev–Trinajstić information content (AvgIpc) is 3.29. The summed E-state index contributed by atoms with van der Waals surface area (Å²) in [6.07, 6.45) is 2.95. The molecule has 0 unspecified atom stereocenters. The van der Waals surface area contributed by atoms with Gasteiger partial charge < -0.3 is 19.5 Å². The summed E-state index contributed by atoms with van der Waals surface area (Å²) < 4.78 is 19.3. The second kappa shape index (κ2) is 9.95. The summed E-state index contributed by atoms with van der Waals surface area (Å²) in [6.45, 7) is 4.76. The fourth-order valence-corrected chi connectivity index (χ4v) is 3.96. The van der Waals surface area contributed by atoms with Gasteiger partial charge in [0.25, 0.3) is 5.91 Å². The van der Waals surface area contributed by atoms with Gasteiger partial charge in [0.1, 0.15) is 18.2 Å². The Hall–Kier alpha value is -3.52. The molecule has 3 aromatic rings. The minimum Gasteiger partial charge on any atom is -0.370 e. The van der Waals surface area contributed by atoms with Crippen molar-refractivity contribution in [3.8, 4) is 11.4 Å². The summed E-state index contributed by atoms with van der Waals surface area (Å²) in [7, 11) is 0. The summed E-state index contributed by atoms with van der Waals surface area (Å²) in [4.78, 5) is 37.1. The maximum atomic E-state index is 13.6. The van der Waals surface area contributed by atoms with Crippen molar-refractivity contribution in [1.29, 1.82) is 0 Å². The monoisotopic (exact) mass is 450 g/mol. The Morgan fingerprint density at radius 3 is 2.64 bits per heavy atom. The largest absolute Gasteiger partial charge is 0.370 e. The standard InChI is InChI=1S/C25H27FN4O3/c1-17(2)30-14-20(33-16-18-7-9-19(26)10-8-18)13-29(15-23(30)31)25(32)22-6-4-3-5-21(22)24-27-11-12-28-24/h3-12,17,20H,13-16H2,1-2H3,(H,27,28)/t20-/m0/s1. The second-order valence-corrected chi connectivity index (χ2v) is 8.37. The predicted molar refractivity (Wildman–Crippen MR) is 122 cm³/mol. The molecule has 1 N–H and O–H groups in total. The minimum absolute atomic E-state index is 0.0279. The van der Waals surface area contributed by atoms with E-state index in [1.165, 1.54) is 12.1 Å². The topological polar surface area (TPSA) is 78.5 Å². The molecule has 0 saturated carbocycles. The van der Waals surface area contributed by atoms with Crippen LogP contribution in [0.15, 0.2) is 60.9 Å². The Morgan fingerprint density at radius 1 is 1.18 bits per heavy atom. The number of carbonyl (C=O) groups excluding carboxylic acids is 2. The minimum atomic E-state index is -0.386. The maximum Gasteiger partial charge on any atom is 0.255 e. The van der Waals surface area contributed by atoms with Crippen molar-refractivity contribution in [2.45, 2.75) is 32.6 Å². The molecule has 2 amide bonds. The molecule has 8 heteroatoms. The van der Waals surface area contributed by atoms with Crippen LogP contribution in [0.4, 0.5) is 4.39 Å². The van der Waals surface area contributed by atoms with Crippen molar-refractivity contribution >= 4 is 11.8 Å². The number of nitrogens with zero attached hydrogens (tertiary/aromatic N) is 3. The van der Waals surface area contributed by atoms with E-state index < -0.39 is 0 Å². The fourth-order valence-electron chi connectivity index (χ4n) is 3.96. The van der Waals surface area contributed by atoms with Crippen LogP contribution in [-0.4, -0.2) is 63.4 Å². The van der Waals surface area contributed by atoms with Gasteiger partial charge in [0.05, 0.1) is 18.3 Å². The van der Waals surface area contributed by atoms with Gasteiger partial charge in [-0.25, -0.2) is 9.37 Å². The number of benzene rings is 2. The van der Waals surface area contributed by atoms with E-state index in [1.54, 1.807) is 46.5 Å². The summed E-state index contributed by atoms with van der Waals surface area (Å²) in [6, 6.07) is 13.3. The highest BCUT2D eigenvalue weighted by molar-refractivity contribution is 6.01. The zero-order valence-electron chi connectivity index (χ0n) is 18.7. The molecule has 2 heterocycles. The normalized spacial score (nSPS) is 16.8. The third kappa shape index (κ3) is 5.28. The molecule has 172 valence electrons. The number of halogens is 1. The SMILES string of the molecule is CC(C)N1C[C@@H](OCc2ccc(F)cc2)CN(C(=O)c2ccccc2-c2ncc[nH]2)CC1=O. The number of aromatic nitrogens is 2. The molecular formula is C25H27FN4O3. The molecule has 0 bridgehead atoms. The third-order valence-electron chi connectivity index (χ3n) is 5.69. The molecule has 1 atom stereocenters. The van der Waals surface area contributed by atoms with Gasteiger partial charge in [0, 0.05) is 37.1 Å². The smallest absolute Gasteiger partial charge is 0.255 e. The van der Waals surface area contributed by atoms with E-state index >= 15 is 0 Å². The van der Waals surface area contributed by atoms with Gasteiger partial charge in [0.15, 0.2) is 0 Å². The summed E-state index contributed by atoms with van der Waals surface area (Å²) in [5, 5.41) is 0. The highest BCUT2D eigenvalue weighted by Crippen LogP contribution is 2.23. The lowest BCUT2D eigenvalue weighted by molar-refractivity contribution is -0.133. The van der Waals surface area contributed by atoms with Crippen LogP contribution in [0.25, 0.3) is 11.4 Å².